The number of rotatable bonds is 3. The third-order valence-electron chi connectivity index (χ3n) is 2.17. The van der Waals surface area contributed by atoms with Gasteiger partial charge in [0.25, 0.3) is 5.91 Å². The van der Waals surface area contributed by atoms with Gasteiger partial charge < -0.3 is 4.90 Å². The van der Waals surface area contributed by atoms with E-state index in [0.717, 1.165) is 9.35 Å². The Kier molecular flexibility index (Phi) is 4.25. The lowest BCUT2D eigenvalue weighted by Crippen LogP contribution is -2.25. The molecule has 0 N–H and O–H groups in total. The van der Waals surface area contributed by atoms with Crippen molar-refractivity contribution in [3.8, 4) is 0 Å². The molecule has 0 saturated heterocycles. The fourth-order valence-corrected chi connectivity index (χ4v) is 4.00. The molecule has 2 aromatic heterocycles. The summed E-state index contributed by atoms with van der Waals surface area (Å²) in [6.45, 7) is 0.601. The molecule has 0 aliphatic heterocycles. The van der Waals surface area contributed by atoms with Gasteiger partial charge in [-0.2, -0.15) is 0 Å². The highest BCUT2D eigenvalue weighted by Gasteiger charge is 2.17. The van der Waals surface area contributed by atoms with Crippen molar-refractivity contribution in [3.63, 3.8) is 0 Å². The second kappa shape index (κ2) is 5.52. The minimum absolute atomic E-state index is 0.0328. The van der Waals surface area contributed by atoms with E-state index in [2.05, 4.69) is 15.9 Å². The lowest BCUT2D eigenvalue weighted by atomic mass is 10.4. The van der Waals surface area contributed by atoms with Gasteiger partial charge >= 0.3 is 0 Å². The van der Waals surface area contributed by atoms with Gasteiger partial charge in [-0.1, -0.05) is 11.6 Å². The Hall–Kier alpha value is -0.360. The maximum atomic E-state index is 12.1. The molecule has 0 bridgehead atoms. The molecule has 1 amide bonds. The van der Waals surface area contributed by atoms with E-state index < -0.39 is 0 Å². The number of halogens is 2. The van der Waals surface area contributed by atoms with Crippen LogP contribution in [0.3, 0.4) is 0 Å². The topological polar surface area (TPSA) is 20.3 Å². The largest absolute Gasteiger partial charge is 0.336 e. The van der Waals surface area contributed by atoms with Crippen LogP contribution in [0.25, 0.3) is 0 Å². The summed E-state index contributed by atoms with van der Waals surface area (Å²) in [5, 5.41) is 4.36. The number of hydrogen-bond acceptors (Lipinski definition) is 3. The summed E-state index contributed by atoms with van der Waals surface area (Å²) in [5.41, 5.74) is 0. The number of carbonyl (C=O) groups excluding carboxylic acids is 1. The van der Waals surface area contributed by atoms with Crippen molar-refractivity contribution in [2.75, 3.05) is 7.05 Å². The summed E-state index contributed by atoms with van der Waals surface area (Å²) in [4.78, 5) is 15.5. The standard InChI is InChI=1S/C11H9BrClNOS2/c1-14(5-8-4-7(12)6-17-8)11(15)10-9(13)2-3-16-10/h2-4,6H,5H2,1H3. The Morgan fingerprint density at radius 1 is 1.53 bits per heavy atom. The molecule has 90 valence electrons. The Bertz CT molecular complexity index is 537. The summed E-state index contributed by atoms with van der Waals surface area (Å²) in [6.07, 6.45) is 0. The molecule has 0 unspecified atom stereocenters. The maximum absolute atomic E-state index is 12.1. The highest BCUT2D eigenvalue weighted by atomic mass is 79.9. The minimum Gasteiger partial charge on any atom is -0.336 e. The highest BCUT2D eigenvalue weighted by Crippen LogP contribution is 2.25. The molecule has 2 nitrogen and oxygen atoms in total. The molecule has 2 heterocycles. The molecule has 0 aliphatic carbocycles. The van der Waals surface area contributed by atoms with Crippen molar-refractivity contribution >= 4 is 56.1 Å². The third-order valence-corrected chi connectivity index (χ3v) is 5.18. The van der Waals surface area contributed by atoms with Crippen LogP contribution >= 0.6 is 50.2 Å². The first kappa shape index (κ1) is 13.1. The summed E-state index contributed by atoms with van der Waals surface area (Å²) in [6, 6.07) is 3.76. The number of carbonyl (C=O) groups is 1. The zero-order valence-corrected chi connectivity index (χ0v) is 12.9. The number of amides is 1. The zero-order chi connectivity index (χ0) is 12.4. The average Bonchev–Trinajstić information content (AvgIpc) is 2.86. The van der Waals surface area contributed by atoms with Crippen molar-refractivity contribution in [1.29, 1.82) is 0 Å². The number of thiophene rings is 2. The SMILES string of the molecule is CN(Cc1cc(Br)cs1)C(=O)c1sccc1Cl. The Balaban J connectivity index is 2.08. The van der Waals surface area contributed by atoms with Crippen molar-refractivity contribution in [2.45, 2.75) is 6.54 Å². The van der Waals surface area contributed by atoms with E-state index in [-0.39, 0.29) is 5.91 Å². The molecule has 0 fully saturated rings. The maximum Gasteiger partial charge on any atom is 0.265 e. The number of nitrogens with zero attached hydrogens (tertiary/aromatic N) is 1. The molecule has 0 atom stereocenters. The second-order valence-corrected chi connectivity index (χ2v) is 6.72. The third kappa shape index (κ3) is 3.10. The van der Waals surface area contributed by atoms with Crippen LogP contribution in [0, 0.1) is 0 Å². The molecule has 17 heavy (non-hydrogen) atoms. The lowest BCUT2D eigenvalue weighted by Gasteiger charge is -2.15. The molecule has 0 radical (unpaired) electrons. The summed E-state index contributed by atoms with van der Waals surface area (Å²) in [5.74, 6) is -0.0328. The smallest absolute Gasteiger partial charge is 0.265 e. The van der Waals surface area contributed by atoms with Gasteiger partial charge in [-0.15, -0.1) is 22.7 Å². The van der Waals surface area contributed by atoms with Crippen LogP contribution in [-0.2, 0) is 6.54 Å². The summed E-state index contributed by atoms with van der Waals surface area (Å²) >= 11 is 12.3. The lowest BCUT2D eigenvalue weighted by molar-refractivity contribution is 0.0791. The van der Waals surface area contributed by atoms with E-state index in [1.54, 1.807) is 29.4 Å². The first-order chi connectivity index (χ1) is 8.08. The zero-order valence-electron chi connectivity index (χ0n) is 8.94. The fraction of sp³-hybridized carbons (Fsp3) is 0.182. The Labute approximate surface area is 121 Å². The van der Waals surface area contributed by atoms with E-state index >= 15 is 0 Å². The van der Waals surface area contributed by atoms with Gasteiger partial charge in [-0.3, -0.25) is 4.79 Å². The van der Waals surface area contributed by atoms with Gasteiger partial charge in [0.2, 0.25) is 0 Å². The van der Waals surface area contributed by atoms with Gasteiger partial charge in [0.15, 0.2) is 0 Å². The molecular formula is C11H9BrClNOS2. The minimum atomic E-state index is -0.0328. The predicted octanol–water partition coefficient (Wildman–Crippen LogP) is 4.50. The highest BCUT2D eigenvalue weighted by molar-refractivity contribution is 9.10. The van der Waals surface area contributed by atoms with Crippen molar-refractivity contribution in [2.24, 2.45) is 0 Å². The van der Waals surface area contributed by atoms with E-state index in [1.807, 2.05) is 16.8 Å². The molecule has 2 aromatic rings. The predicted molar refractivity (Wildman–Crippen MR) is 77.1 cm³/mol. The quantitative estimate of drug-likeness (QED) is 0.798. The fourth-order valence-electron chi connectivity index (χ4n) is 1.36. The Morgan fingerprint density at radius 3 is 2.82 bits per heavy atom. The summed E-state index contributed by atoms with van der Waals surface area (Å²) in [7, 11) is 1.78. The van der Waals surface area contributed by atoms with Crippen LogP contribution in [0.2, 0.25) is 5.02 Å². The van der Waals surface area contributed by atoms with Crippen LogP contribution in [0.5, 0.6) is 0 Å². The molecule has 6 heteroatoms. The number of hydrogen-bond donors (Lipinski definition) is 0. The first-order valence-corrected chi connectivity index (χ1v) is 7.72. The molecule has 0 saturated carbocycles. The van der Waals surface area contributed by atoms with E-state index in [0.29, 0.717) is 16.4 Å². The first-order valence-electron chi connectivity index (χ1n) is 4.79. The molecule has 0 aromatic carbocycles. The van der Waals surface area contributed by atoms with Gasteiger partial charge in [0.05, 0.1) is 11.6 Å². The molecule has 0 aliphatic rings. The van der Waals surface area contributed by atoms with Crippen LogP contribution in [0.15, 0.2) is 27.4 Å². The normalized spacial score (nSPS) is 10.5. The molecule has 2 rings (SSSR count). The van der Waals surface area contributed by atoms with Gasteiger partial charge in [0.1, 0.15) is 4.88 Å². The van der Waals surface area contributed by atoms with Crippen LogP contribution < -0.4 is 0 Å². The van der Waals surface area contributed by atoms with Crippen LogP contribution in [-0.4, -0.2) is 17.9 Å². The van der Waals surface area contributed by atoms with E-state index in [1.165, 1.54) is 11.3 Å². The Morgan fingerprint density at radius 2 is 2.29 bits per heavy atom. The van der Waals surface area contributed by atoms with Crippen molar-refractivity contribution in [3.05, 3.63) is 42.1 Å². The van der Waals surface area contributed by atoms with Gasteiger partial charge in [-0.05, 0) is 33.4 Å². The second-order valence-electron chi connectivity index (χ2n) is 3.49. The van der Waals surface area contributed by atoms with Gasteiger partial charge in [-0.25, -0.2) is 0 Å². The monoisotopic (exact) mass is 349 g/mol. The van der Waals surface area contributed by atoms with Crippen molar-refractivity contribution in [1.82, 2.24) is 4.90 Å². The van der Waals surface area contributed by atoms with E-state index in [4.69, 9.17) is 11.6 Å². The van der Waals surface area contributed by atoms with Crippen LogP contribution in [0.4, 0.5) is 0 Å². The van der Waals surface area contributed by atoms with Crippen LogP contribution in [0.1, 0.15) is 14.5 Å². The molecular weight excluding hydrogens is 342 g/mol. The molecule has 0 spiro atoms. The van der Waals surface area contributed by atoms with E-state index in [9.17, 15) is 4.79 Å². The summed E-state index contributed by atoms with van der Waals surface area (Å²) < 4.78 is 1.05. The van der Waals surface area contributed by atoms with Crippen molar-refractivity contribution < 1.29 is 4.79 Å². The van der Waals surface area contributed by atoms with Gasteiger partial charge in [0, 0.05) is 21.8 Å². The average molecular weight is 351 g/mol.